The zero-order chi connectivity index (χ0) is 23.8. The molecule has 3 aromatic carbocycles. The number of rotatable bonds is 10. The molecule has 1 amide bonds. The number of nitrogens with zero attached hydrogens (tertiary/aromatic N) is 1. The second-order valence-corrected chi connectivity index (χ2v) is 9.38. The highest BCUT2D eigenvalue weighted by Gasteiger charge is 2.29. The number of para-hydroxylation sites is 2. The van der Waals surface area contributed by atoms with Crippen molar-refractivity contribution in [2.24, 2.45) is 0 Å². The molecule has 3 aromatic rings. The quantitative estimate of drug-likeness (QED) is 0.488. The molecule has 8 heteroatoms. The summed E-state index contributed by atoms with van der Waals surface area (Å²) >= 11 is 0. The van der Waals surface area contributed by atoms with Crippen molar-refractivity contribution >= 4 is 21.6 Å². The highest BCUT2D eigenvalue weighted by Crippen LogP contribution is 2.28. The number of aryl methyl sites for hydroxylation is 1. The Balaban J connectivity index is 1.90. The zero-order valence-electron chi connectivity index (χ0n) is 18.9. The first kappa shape index (κ1) is 24.3. The monoisotopic (exact) mass is 468 g/mol. The van der Waals surface area contributed by atoms with Gasteiger partial charge in [0.1, 0.15) is 16.4 Å². The van der Waals surface area contributed by atoms with Gasteiger partial charge < -0.3 is 14.8 Å². The van der Waals surface area contributed by atoms with Gasteiger partial charge in [0.25, 0.3) is 0 Å². The molecule has 0 spiro atoms. The Hall–Kier alpha value is -3.36. The molecular weight excluding hydrogens is 440 g/mol. The van der Waals surface area contributed by atoms with Crippen LogP contribution < -0.4 is 14.8 Å². The Bertz CT molecular complexity index is 1200. The van der Waals surface area contributed by atoms with Gasteiger partial charge in [0, 0.05) is 6.54 Å². The molecule has 0 unspecified atom stereocenters. The molecular formula is C25H28N2O5S. The van der Waals surface area contributed by atoms with Crippen LogP contribution in [0.25, 0.3) is 0 Å². The van der Waals surface area contributed by atoms with Crippen LogP contribution >= 0.6 is 0 Å². The van der Waals surface area contributed by atoms with Crippen LogP contribution in [-0.4, -0.2) is 45.9 Å². The summed E-state index contributed by atoms with van der Waals surface area (Å²) in [6.07, 6.45) is 0.455. The van der Waals surface area contributed by atoms with Crippen molar-refractivity contribution in [1.29, 1.82) is 0 Å². The van der Waals surface area contributed by atoms with E-state index in [4.69, 9.17) is 9.47 Å². The zero-order valence-corrected chi connectivity index (χ0v) is 19.8. The Labute approximate surface area is 195 Å². The van der Waals surface area contributed by atoms with E-state index in [1.165, 1.54) is 18.5 Å². The van der Waals surface area contributed by atoms with E-state index < -0.39 is 15.9 Å². The van der Waals surface area contributed by atoms with Gasteiger partial charge in [-0.05, 0) is 48.7 Å². The number of hydrogen-bond donors (Lipinski definition) is 1. The SMILES string of the molecule is COc1ccccc1NC(=O)CN(CCc1ccccc1)S(=O)(=O)c1cc(C)ccc1OC. The molecule has 7 nitrogen and oxygen atoms in total. The van der Waals surface area contributed by atoms with Crippen molar-refractivity contribution in [3.8, 4) is 11.5 Å². The van der Waals surface area contributed by atoms with Crippen LogP contribution in [-0.2, 0) is 21.2 Å². The summed E-state index contributed by atoms with van der Waals surface area (Å²) in [6, 6.07) is 21.5. The maximum Gasteiger partial charge on any atom is 0.247 e. The van der Waals surface area contributed by atoms with E-state index in [1.54, 1.807) is 49.4 Å². The fraction of sp³-hybridized carbons (Fsp3) is 0.240. The number of methoxy groups -OCH3 is 2. The minimum atomic E-state index is -4.02. The van der Waals surface area contributed by atoms with E-state index in [0.717, 1.165) is 11.1 Å². The van der Waals surface area contributed by atoms with Crippen molar-refractivity contribution in [3.05, 3.63) is 83.9 Å². The lowest BCUT2D eigenvalue weighted by atomic mass is 10.1. The first-order valence-electron chi connectivity index (χ1n) is 10.5. The number of sulfonamides is 1. The van der Waals surface area contributed by atoms with E-state index in [2.05, 4.69) is 5.32 Å². The Morgan fingerprint density at radius 1 is 0.909 bits per heavy atom. The molecule has 0 heterocycles. The lowest BCUT2D eigenvalue weighted by molar-refractivity contribution is -0.116. The molecule has 0 aliphatic rings. The van der Waals surface area contributed by atoms with Crippen molar-refractivity contribution in [3.63, 3.8) is 0 Å². The Morgan fingerprint density at radius 2 is 1.58 bits per heavy atom. The number of anilines is 1. The van der Waals surface area contributed by atoms with Gasteiger partial charge in [-0.2, -0.15) is 4.31 Å². The van der Waals surface area contributed by atoms with E-state index in [9.17, 15) is 13.2 Å². The molecule has 0 atom stereocenters. The van der Waals surface area contributed by atoms with Crippen molar-refractivity contribution in [2.75, 3.05) is 32.6 Å². The maximum absolute atomic E-state index is 13.6. The van der Waals surface area contributed by atoms with Gasteiger partial charge in [-0.25, -0.2) is 8.42 Å². The fourth-order valence-electron chi connectivity index (χ4n) is 3.41. The number of nitrogens with one attached hydrogen (secondary N) is 1. The molecule has 0 aliphatic heterocycles. The van der Waals surface area contributed by atoms with E-state index >= 15 is 0 Å². The average Bonchev–Trinajstić information content (AvgIpc) is 2.82. The molecule has 0 fully saturated rings. The lowest BCUT2D eigenvalue weighted by Crippen LogP contribution is -2.39. The van der Waals surface area contributed by atoms with Gasteiger partial charge in [0.15, 0.2) is 0 Å². The molecule has 0 aromatic heterocycles. The van der Waals surface area contributed by atoms with E-state index in [0.29, 0.717) is 17.9 Å². The minimum Gasteiger partial charge on any atom is -0.495 e. The summed E-state index contributed by atoms with van der Waals surface area (Å²) in [5.41, 5.74) is 2.22. The van der Waals surface area contributed by atoms with Gasteiger partial charge in [-0.15, -0.1) is 0 Å². The first-order chi connectivity index (χ1) is 15.8. The van der Waals surface area contributed by atoms with E-state index in [-0.39, 0.29) is 23.7 Å². The number of ether oxygens (including phenoxy) is 2. The largest absolute Gasteiger partial charge is 0.495 e. The molecule has 0 saturated heterocycles. The molecule has 174 valence electrons. The third kappa shape index (κ3) is 6.12. The molecule has 0 bridgehead atoms. The standard InChI is InChI=1S/C25H28N2O5S/c1-19-13-14-23(32-3)24(17-19)33(29,30)27(16-15-20-9-5-4-6-10-20)18-25(28)26-21-11-7-8-12-22(21)31-2/h4-14,17H,15-16,18H2,1-3H3,(H,26,28). The number of amides is 1. The van der Waals surface area contributed by atoms with Crippen LogP contribution in [0.1, 0.15) is 11.1 Å². The van der Waals surface area contributed by atoms with Crippen LogP contribution in [0, 0.1) is 6.92 Å². The third-order valence-electron chi connectivity index (χ3n) is 5.13. The van der Waals surface area contributed by atoms with Gasteiger partial charge in [-0.3, -0.25) is 4.79 Å². The average molecular weight is 469 g/mol. The minimum absolute atomic E-state index is 0.0307. The lowest BCUT2D eigenvalue weighted by Gasteiger charge is -2.23. The summed E-state index contributed by atoms with van der Waals surface area (Å²) < 4.78 is 39.0. The maximum atomic E-state index is 13.6. The molecule has 0 radical (unpaired) electrons. The van der Waals surface area contributed by atoms with Crippen molar-refractivity contribution in [2.45, 2.75) is 18.2 Å². The second kappa shape index (κ2) is 11.0. The Kier molecular flexibility index (Phi) is 8.08. The van der Waals surface area contributed by atoms with Crippen molar-refractivity contribution < 1.29 is 22.7 Å². The molecule has 3 rings (SSSR count). The molecule has 1 N–H and O–H groups in total. The predicted octanol–water partition coefficient (Wildman–Crippen LogP) is 3.88. The van der Waals surface area contributed by atoms with Crippen LogP contribution in [0.2, 0.25) is 0 Å². The van der Waals surface area contributed by atoms with Gasteiger partial charge >= 0.3 is 0 Å². The second-order valence-electron chi connectivity index (χ2n) is 7.48. The normalized spacial score (nSPS) is 11.3. The van der Waals surface area contributed by atoms with Gasteiger partial charge in [-0.1, -0.05) is 48.5 Å². The number of hydrogen-bond acceptors (Lipinski definition) is 5. The third-order valence-corrected chi connectivity index (χ3v) is 7.00. The summed E-state index contributed by atoms with van der Waals surface area (Å²) in [4.78, 5) is 12.9. The highest BCUT2D eigenvalue weighted by atomic mass is 32.2. The van der Waals surface area contributed by atoms with Gasteiger partial charge in [0.2, 0.25) is 15.9 Å². The number of benzene rings is 3. The summed E-state index contributed by atoms with van der Waals surface area (Å²) in [5.74, 6) is 0.253. The van der Waals surface area contributed by atoms with E-state index in [1.807, 2.05) is 30.3 Å². The molecule has 33 heavy (non-hydrogen) atoms. The highest BCUT2D eigenvalue weighted by molar-refractivity contribution is 7.89. The smallest absolute Gasteiger partial charge is 0.247 e. The first-order valence-corrected chi connectivity index (χ1v) is 11.9. The van der Waals surface area contributed by atoms with Crippen LogP contribution in [0.5, 0.6) is 11.5 Å². The van der Waals surface area contributed by atoms with Crippen LogP contribution in [0.4, 0.5) is 5.69 Å². The van der Waals surface area contributed by atoms with Gasteiger partial charge in [0.05, 0.1) is 26.5 Å². The number of carbonyl (C=O) groups is 1. The number of carbonyl (C=O) groups excluding carboxylic acids is 1. The predicted molar refractivity (Wildman–Crippen MR) is 128 cm³/mol. The molecule has 0 saturated carbocycles. The Morgan fingerprint density at radius 3 is 2.27 bits per heavy atom. The van der Waals surface area contributed by atoms with Crippen LogP contribution in [0.15, 0.2) is 77.7 Å². The van der Waals surface area contributed by atoms with Crippen molar-refractivity contribution in [1.82, 2.24) is 4.31 Å². The summed E-state index contributed by atoms with van der Waals surface area (Å²) in [7, 11) is -1.09. The fourth-order valence-corrected chi connectivity index (χ4v) is 5.04. The topological polar surface area (TPSA) is 84.9 Å². The summed E-state index contributed by atoms with van der Waals surface area (Å²) in [6.45, 7) is 1.58. The summed E-state index contributed by atoms with van der Waals surface area (Å²) in [5, 5.41) is 2.75. The molecule has 0 aliphatic carbocycles. The van der Waals surface area contributed by atoms with Crippen LogP contribution in [0.3, 0.4) is 0 Å².